The number of aryl methyl sites for hydroxylation is 1. The van der Waals surface area contributed by atoms with Crippen LogP contribution in [0.25, 0.3) is 0 Å². The second kappa shape index (κ2) is 5.69. The van der Waals surface area contributed by atoms with Crippen molar-refractivity contribution in [3.05, 3.63) is 30.2 Å². The fraction of sp³-hybridized carbons (Fsp3) is 0.533. The minimum Gasteiger partial charge on any atom is -0.482 e. The van der Waals surface area contributed by atoms with Gasteiger partial charge in [-0.3, -0.25) is 9.48 Å². The average molecular weight is 318 g/mol. The molecule has 122 valence electrons. The Morgan fingerprint density at radius 1 is 1.43 bits per heavy atom. The van der Waals surface area contributed by atoms with Gasteiger partial charge in [-0.25, -0.2) is 4.98 Å². The summed E-state index contributed by atoms with van der Waals surface area (Å²) in [5, 5.41) is 7.01. The van der Waals surface area contributed by atoms with Gasteiger partial charge >= 0.3 is 0 Å². The smallest absolute Gasteiger partial charge is 0.273 e. The van der Waals surface area contributed by atoms with Crippen molar-refractivity contribution in [3.63, 3.8) is 0 Å². The van der Waals surface area contributed by atoms with E-state index in [4.69, 9.17) is 13.9 Å². The summed E-state index contributed by atoms with van der Waals surface area (Å²) in [4.78, 5) is 16.5. The van der Waals surface area contributed by atoms with E-state index >= 15 is 0 Å². The molecule has 1 N–H and O–H groups in total. The predicted molar refractivity (Wildman–Crippen MR) is 78.2 cm³/mol. The van der Waals surface area contributed by atoms with Gasteiger partial charge in [0.2, 0.25) is 0 Å². The number of carbonyl (C=O) groups excluding carboxylic acids is 1. The Hall–Kier alpha value is -2.35. The molecule has 0 bridgehead atoms. The highest BCUT2D eigenvalue weighted by atomic mass is 16.5. The molecule has 0 spiro atoms. The molecular weight excluding hydrogens is 300 g/mol. The van der Waals surface area contributed by atoms with Crippen LogP contribution in [0.1, 0.15) is 35.0 Å². The van der Waals surface area contributed by atoms with Gasteiger partial charge in [0.25, 0.3) is 5.91 Å². The lowest BCUT2D eigenvalue weighted by Gasteiger charge is -2.19. The lowest BCUT2D eigenvalue weighted by molar-refractivity contribution is 0.0897. The molecule has 1 saturated heterocycles. The Bertz CT molecular complexity index is 706. The van der Waals surface area contributed by atoms with Gasteiger partial charge < -0.3 is 19.2 Å². The number of hydrogen-bond donors (Lipinski definition) is 1. The first-order valence-electron chi connectivity index (χ1n) is 7.68. The van der Waals surface area contributed by atoms with E-state index in [1.807, 2.05) is 7.05 Å². The van der Waals surface area contributed by atoms with E-state index in [1.165, 1.54) is 6.39 Å². The summed E-state index contributed by atoms with van der Waals surface area (Å²) in [7, 11) is 1.82. The van der Waals surface area contributed by atoms with Crippen molar-refractivity contribution in [1.29, 1.82) is 0 Å². The van der Waals surface area contributed by atoms with E-state index in [-0.39, 0.29) is 18.1 Å². The largest absolute Gasteiger partial charge is 0.482 e. The highest BCUT2D eigenvalue weighted by Gasteiger charge is 2.36. The van der Waals surface area contributed by atoms with Crippen LogP contribution in [0.4, 0.5) is 0 Å². The normalized spacial score (nSPS) is 23.9. The summed E-state index contributed by atoms with van der Waals surface area (Å²) in [6.45, 7) is 0.835. The third kappa shape index (κ3) is 2.94. The van der Waals surface area contributed by atoms with Crippen molar-refractivity contribution < 1.29 is 18.7 Å². The predicted octanol–water partition coefficient (Wildman–Crippen LogP) is 0.862. The van der Waals surface area contributed by atoms with Crippen LogP contribution < -0.4 is 10.1 Å². The van der Waals surface area contributed by atoms with Gasteiger partial charge in [-0.2, -0.15) is 5.10 Å². The lowest BCUT2D eigenvalue weighted by atomic mass is 10.2. The van der Waals surface area contributed by atoms with Gasteiger partial charge in [-0.05, 0) is 12.8 Å². The monoisotopic (exact) mass is 318 g/mol. The molecule has 23 heavy (non-hydrogen) atoms. The summed E-state index contributed by atoms with van der Waals surface area (Å²) in [6.07, 6.45) is 6.60. The van der Waals surface area contributed by atoms with Crippen molar-refractivity contribution in [2.24, 2.45) is 7.05 Å². The van der Waals surface area contributed by atoms with Gasteiger partial charge in [-0.15, -0.1) is 0 Å². The van der Waals surface area contributed by atoms with E-state index in [9.17, 15) is 4.79 Å². The first-order chi connectivity index (χ1) is 11.2. The molecule has 1 saturated carbocycles. The fourth-order valence-corrected chi connectivity index (χ4v) is 2.72. The molecule has 0 unspecified atom stereocenters. The molecule has 1 amide bonds. The van der Waals surface area contributed by atoms with Crippen molar-refractivity contribution in [2.45, 2.75) is 30.9 Å². The number of oxazole rings is 1. The topological polar surface area (TPSA) is 91.4 Å². The third-order valence-corrected chi connectivity index (χ3v) is 4.07. The van der Waals surface area contributed by atoms with Crippen molar-refractivity contribution >= 4 is 5.91 Å². The molecule has 2 aromatic heterocycles. The highest BCUT2D eigenvalue weighted by Crippen LogP contribution is 2.41. The first-order valence-corrected chi connectivity index (χ1v) is 7.68. The van der Waals surface area contributed by atoms with Crippen LogP contribution >= 0.6 is 0 Å². The molecule has 8 nitrogen and oxygen atoms in total. The highest BCUT2D eigenvalue weighted by molar-refractivity contribution is 5.93. The molecule has 2 atom stereocenters. The van der Waals surface area contributed by atoms with Crippen LogP contribution in [0, 0.1) is 0 Å². The Kier molecular flexibility index (Phi) is 3.53. The Labute approximate surface area is 132 Å². The molecule has 3 heterocycles. The number of amides is 1. The van der Waals surface area contributed by atoms with Crippen LogP contribution in [-0.2, 0) is 11.8 Å². The summed E-state index contributed by atoms with van der Waals surface area (Å²) >= 11 is 0. The summed E-state index contributed by atoms with van der Waals surface area (Å²) in [5.74, 6) is 1.44. The zero-order valence-corrected chi connectivity index (χ0v) is 12.8. The van der Waals surface area contributed by atoms with Crippen LogP contribution in [0.2, 0.25) is 0 Å². The number of nitrogens with one attached hydrogen (secondary N) is 1. The molecule has 4 rings (SSSR count). The molecule has 2 aliphatic rings. The Morgan fingerprint density at radius 3 is 3.04 bits per heavy atom. The number of carbonyl (C=O) groups is 1. The minimum atomic E-state index is -0.251. The average Bonchev–Trinajstić information content (AvgIpc) is 2.93. The van der Waals surface area contributed by atoms with E-state index in [2.05, 4.69) is 15.4 Å². The zero-order chi connectivity index (χ0) is 15.8. The Balaban J connectivity index is 1.42. The van der Waals surface area contributed by atoms with E-state index in [0.717, 1.165) is 12.8 Å². The fourth-order valence-electron chi connectivity index (χ4n) is 2.72. The number of ether oxygens (including phenoxy) is 2. The van der Waals surface area contributed by atoms with Gasteiger partial charge in [0.05, 0.1) is 31.6 Å². The minimum absolute atomic E-state index is 0.230. The maximum Gasteiger partial charge on any atom is 0.273 e. The number of hydrogen-bond acceptors (Lipinski definition) is 6. The number of aromatic nitrogens is 3. The SMILES string of the molecule is Cn1cc(O[C@@H]2COC[C@@H]2NC(=O)c2ncoc2C2CC2)cn1. The summed E-state index contributed by atoms with van der Waals surface area (Å²) in [6, 6.07) is -0.230. The van der Waals surface area contributed by atoms with Crippen LogP contribution in [-0.4, -0.2) is 46.0 Å². The maximum atomic E-state index is 12.5. The molecule has 0 radical (unpaired) electrons. The summed E-state index contributed by atoms with van der Waals surface area (Å²) < 4.78 is 18.3. The van der Waals surface area contributed by atoms with Crippen molar-refractivity contribution in [3.8, 4) is 5.75 Å². The van der Waals surface area contributed by atoms with Gasteiger partial charge in [0.1, 0.15) is 11.9 Å². The first kappa shape index (κ1) is 14.3. The van der Waals surface area contributed by atoms with Gasteiger partial charge in [0, 0.05) is 13.0 Å². The van der Waals surface area contributed by atoms with Crippen LogP contribution in [0.5, 0.6) is 5.75 Å². The van der Waals surface area contributed by atoms with Gasteiger partial charge in [0.15, 0.2) is 17.8 Å². The maximum absolute atomic E-state index is 12.5. The quantitative estimate of drug-likeness (QED) is 0.879. The molecular formula is C15H18N4O4. The van der Waals surface area contributed by atoms with Gasteiger partial charge in [-0.1, -0.05) is 0 Å². The van der Waals surface area contributed by atoms with E-state index < -0.39 is 0 Å². The molecule has 1 aliphatic carbocycles. The third-order valence-electron chi connectivity index (χ3n) is 4.07. The van der Waals surface area contributed by atoms with E-state index in [1.54, 1.807) is 17.1 Å². The number of rotatable bonds is 5. The summed E-state index contributed by atoms with van der Waals surface area (Å²) in [5.41, 5.74) is 0.375. The van der Waals surface area contributed by atoms with Crippen LogP contribution in [0.3, 0.4) is 0 Å². The second-order valence-corrected chi connectivity index (χ2v) is 5.96. The lowest BCUT2D eigenvalue weighted by Crippen LogP contribution is -2.45. The molecule has 0 aromatic carbocycles. The standard InChI is InChI=1S/C15H18N4O4/c1-19-5-10(4-17-19)23-12-7-21-6-11(12)18-15(20)13-14(9-2-3-9)22-8-16-13/h4-5,8-9,11-12H,2-3,6-7H2,1H3,(H,18,20)/t11-,12+/m0/s1. The molecule has 2 aromatic rings. The second-order valence-electron chi connectivity index (χ2n) is 5.96. The molecule has 2 fully saturated rings. The number of nitrogens with zero attached hydrogens (tertiary/aromatic N) is 3. The van der Waals surface area contributed by atoms with Crippen molar-refractivity contribution in [2.75, 3.05) is 13.2 Å². The Morgan fingerprint density at radius 2 is 2.30 bits per heavy atom. The van der Waals surface area contributed by atoms with E-state index in [0.29, 0.717) is 36.3 Å². The molecule has 1 aliphatic heterocycles. The van der Waals surface area contributed by atoms with Crippen molar-refractivity contribution in [1.82, 2.24) is 20.1 Å². The molecule has 8 heteroatoms. The van der Waals surface area contributed by atoms with Crippen LogP contribution in [0.15, 0.2) is 23.2 Å². The zero-order valence-electron chi connectivity index (χ0n) is 12.8.